The highest BCUT2D eigenvalue weighted by molar-refractivity contribution is 5.81. The Kier molecular flexibility index (Phi) is 3.79. The molecule has 2 rings (SSSR count). The van der Waals surface area contributed by atoms with E-state index in [1.807, 2.05) is 0 Å². The molecule has 1 saturated heterocycles. The van der Waals surface area contributed by atoms with Crippen LogP contribution in [-0.4, -0.2) is 61.9 Å². The van der Waals surface area contributed by atoms with Crippen molar-refractivity contribution >= 4 is 11.9 Å². The summed E-state index contributed by atoms with van der Waals surface area (Å²) in [6.45, 7) is 2.63. The van der Waals surface area contributed by atoms with Gasteiger partial charge in [0.15, 0.2) is 5.60 Å². The molecule has 104 valence electrons. The molecule has 1 fully saturated rings. The van der Waals surface area contributed by atoms with E-state index in [9.17, 15) is 9.59 Å². The minimum absolute atomic E-state index is 0.0680. The summed E-state index contributed by atoms with van der Waals surface area (Å²) in [4.78, 5) is 28.4. The van der Waals surface area contributed by atoms with Crippen LogP contribution >= 0.6 is 0 Å². The van der Waals surface area contributed by atoms with Crippen molar-refractivity contribution in [1.29, 1.82) is 0 Å². The lowest BCUT2D eigenvalue weighted by molar-refractivity contribution is -0.177. The lowest BCUT2D eigenvalue weighted by Crippen LogP contribution is -2.56. The summed E-state index contributed by atoms with van der Waals surface area (Å²) in [7, 11) is 0. The number of nitrogens with zero attached hydrogens (tertiary/aromatic N) is 4. The van der Waals surface area contributed by atoms with Crippen LogP contribution in [0.4, 0.5) is 0 Å². The van der Waals surface area contributed by atoms with Crippen molar-refractivity contribution in [2.24, 2.45) is 0 Å². The highest BCUT2D eigenvalue weighted by Gasteiger charge is 2.40. The number of carboxylic acids is 1. The summed E-state index contributed by atoms with van der Waals surface area (Å²) in [5.41, 5.74) is -1.32. The van der Waals surface area contributed by atoms with Gasteiger partial charge in [-0.15, -0.1) is 0 Å². The number of carbonyl (C=O) groups is 2. The molecule has 19 heavy (non-hydrogen) atoms. The Hall–Kier alpha value is -1.96. The van der Waals surface area contributed by atoms with Crippen molar-refractivity contribution in [1.82, 2.24) is 19.7 Å². The van der Waals surface area contributed by atoms with Crippen molar-refractivity contribution in [2.75, 3.05) is 19.7 Å². The minimum Gasteiger partial charge on any atom is -0.479 e. The highest BCUT2D eigenvalue weighted by Crippen LogP contribution is 2.18. The molecule has 1 N–H and O–H groups in total. The molecule has 1 unspecified atom stereocenters. The maximum atomic E-state index is 12.0. The van der Waals surface area contributed by atoms with Gasteiger partial charge in [-0.1, -0.05) is 0 Å². The fraction of sp³-hybridized carbons (Fsp3) is 0.636. The molecule has 2 heterocycles. The first-order valence-corrected chi connectivity index (χ1v) is 5.99. The summed E-state index contributed by atoms with van der Waals surface area (Å²) in [6, 6.07) is 0. The number of aliphatic carboxylic acids is 1. The first-order valence-electron chi connectivity index (χ1n) is 5.99. The van der Waals surface area contributed by atoms with E-state index >= 15 is 0 Å². The standard InChI is InChI=1S/C11H16N4O4/c1-11(10(17)18)6-14(4-5-19-11)9(16)2-3-15-8-12-7-13-15/h7-8H,2-6H2,1H3,(H,17,18). The lowest BCUT2D eigenvalue weighted by atomic mass is 10.0. The van der Waals surface area contributed by atoms with E-state index in [-0.39, 0.29) is 25.5 Å². The first kappa shape index (κ1) is 13.5. The molecule has 0 radical (unpaired) electrons. The van der Waals surface area contributed by atoms with Gasteiger partial charge in [0, 0.05) is 13.0 Å². The second-order valence-corrected chi connectivity index (χ2v) is 4.61. The number of rotatable bonds is 4. The van der Waals surface area contributed by atoms with Crippen LogP contribution in [0.1, 0.15) is 13.3 Å². The third-order valence-electron chi connectivity index (χ3n) is 3.10. The summed E-state index contributed by atoms with van der Waals surface area (Å²) in [5, 5.41) is 13.0. The second-order valence-electron chi connectivity index (χ2n) is 4.61. The molecule has 1 aliphatic rings. The van der Waals surface area contributed by atoms with Crippen LogP contribution in [0.5, 0.6) is 0 Å². The largest absolute Gasteiger partial charge is 0.479 e. The molecule has 1 aromatic heterocycles. The van der Waals surface area contributed by atoms with Crippen LogP contribution in [0.25, 0.3) is 0 Å². The van der Waals surface area contributed by atoms with E-state index in [1.54, 1.807) is 4.68 Å². The Morgan fingerprint density at radius 3 is 2.95 bits per heavy atom. The monoisotopic (exact) mass is 268 g/mol. The minimum atomic E-state index is -1.32. The topological polar surface area (TPSA) is 97.6 Å². The predicted octanol–water partition coefficient (Wildman–Crippen LogP) is -0.630. The third-order valence-corrected chi connectivity index (χ3v) is 3.10. The lowest BCUT2D eigenvalue weighted by Gasteiger charge is -2.37. The van der Waals surface area contributed by atoms with E-state index in [4.69, 9.17) is 9.84 Å². The fourth-order valence-electron chi connectivity index (χ4n) is 1.93. The van der Waals surface area contributed by atoms with Gasteiger partial charge in [0.2, 0.25) is 5.91 Å². The Bertz CT molecular complexity index is 461. The Morgan fingerprint density at radius 2 is 2.32 bits per heavy atom. The molecule has 0 bridgehead atoms. The SMILES string of the molecule is CC1(C(=O)O)CN(C(=O)CCn2cncn2)CCO1. The number of aromatic nitrogens is 3. The van der Waals surface area contributed by atoms with E-state index in [0.29, 0.717) is 13.1 Å². The molecular weight excluding hydrogens is 252 g/mol. The van der Waals surface area contributed by atoms with Crippen molar-refractivity contribution in [3.63, 3.8) is 0 Å². The third kappa shape index (κ3) is 3.08. The Morgan fingerprint density at radius 1 is 1.53 bits per heavy atom. The Balaban J connectivity index is 1.90. The van der Waals surface area contributed by atoms with Crippen LogP contribution in [0.15, 0.2) is 12.7 Å². The van der Waals surface area contributed by atoms with Gasteiger partial charge in [0.05, 0.1) is 19.7 Å². The fourth-order valence-corrected chi connectivity index (χ4v) is 1.93. The molecule has 8 nitrogen and oxygen atoms in total. The average molecular weight is 268 g/mol. The van der Waals surface area contributed by atoms with Crippen LogP contribution < -0.4 is 0 Å². The molecule has 0 saturated carbocycles. The number of ether oxygens (including phenoxy) is 1. The smallest absolute Gasteiger partial charge is 0.337 e. The number of amides is 1. The first-order chi connectivity index (χ1) is 9.01. The zero-order chi connectivity index (χ0) is 13.9. The van der Waals surface area contributed by atoms with Crippen molar-refractivity contribution < 1.29 is 19.4 Å². The molecule has 0 spiro atoms. The summed E-state index contributed by atoms with van der Waals surface area (Å²) in [6.07, 6.45) is 3.20. The highest BCUT2D eigenvalue weighted by atomic mass is 16.5. The number of hydrogen-bond acceptors (Lipinski definition) is 5. The molecule has 0 aromatic carbocycles. The predicted molar refractivity (Wildman–Crippen MR) is 63.2 cm³/mol. The van der Waals surface area contributed by atoms with Crippen molar-refractivity contribution in [3.05, 3.63) is 12.7 Å². The van der Waals surface area contributed by atoms with Gasteiger partial charge in [-0.25, -0.2) is 9.78 Å². The second kappa shape index (κ2) is 5.35. The van der Waals surface area contributed by atoms with Gasteiger partial charge in [-0.3, -0.25) is 9.48 Å². The summed E-state index contributed by atoms with van der Waals surface area (Å²) < 4.78 is 6.80. The van der Waals surface area contributed by atoms with Crippen LogP contribution in [0.2, 0.25) is 0 Å². The molecule has 0 aliphatic carbocycles. The molecule has 1 aromatic rings. The van der Waals surface area contributed by atoms with Gasteiger partial charge in [-0.2, -0.15) is 5.10 Å². The van der Waals surface area contributed by atoms with Gasteiger partial charge in [0.25, 0.3) is 0 Å². The van der Waals surface area contributed by atoms with E-state index in [0.717, 1.165) is 0 Å². The molecule has 8 heteroatoms. The summed E-state index contributed by atoms with van der Waals surface area (Å²) >= 11 is 0. The zero-order valence-corrected chi connectivity index (χ0v) is 10.7. The number of carbonyl (C=O) groups excluding carboxylic acids is 1. The molecule has 1 amide bonds. The average Bonchev–Trinajstić information content (AvgIpc) is 2.89. The molecule has 1 aliphatic heterocycles. The van der Waals surface area contributed by atoms with E-state index < -0.39 is 11.6 Å². The Labute approximate surface area is 110 Å². The number of aryl methyl sites for hydroxylation is 1. The molecular formula is C11H16N4O4. The van der Waals surface area contributed by atoms with E-state index in [1.165, 1.54) is 24.5 Å². The normalized spacial score (nSPS) is 23.3. The maximum absolute atomic E-state index is 12.0. The van der Waals surface area contributed by atoms with Gasteiger partial charge >= 0.3 is 5.97 Å². The van der Waals surface area contributed by atoms with Crippen LogP contribution in [0, 0.1) is 0 Å². The number of morpholine rings is 1. The van der Waals surface area contributed by atoms with Crippen LogP contribution in [0.3, 0.4) is 0 Å². The number of hydrogen-bond donors (Lipinski definition) is 1. The van der Waals surface area contributed by atoms with Crippen LogP contribution in [-0.2, 0) is 20.9 Å². The summed E-state index contributed by atoms with van der Waals surface area (Å²) in [5.74, 6) is -1.16. The van der Waals surface area contributed by atoms with E-state index in [2.05, 4.69) is 10.1 Å². The molecule has 1 atom stereocenters. The van der Waals surface area contributed by atoms with Gasteiger partial charge < -0.3 is 14.7 Å². The van der Waals surface area contributed by atoms with Gasteiger partial charge in [-0.05, 0) is 6.92 Å². The van der Waals surface area contributed by atoms with Crippen molar-refractivity contribution in [3.8, 4) is 0 Å². The van der Waals surface area contributed by atoms with Gasteiger partial charge in [0.1, 0.15) is 12.7 Å². The maximum Gasteiger partial charge on any atom is 0.337 e. The zero-order valence-electron chi connectivity index (χ0n) is 10.7. The number of carboxylic acid groups (broad SMARTS) is 1. The quantitative estimate of drug-likeness (QED) is 0.780. The van der Waals surface area contributed by atoms with Crippen molar-refractivity contribution in [2.45, 2.75) is 25.5 Å².